The van der Waals surface area contributed by atoms with E-state index in [1.807, 2.05) is 19.9 Å². The number of nitrogens with zero attached hydrogens (tertiary/aromatic N) is 2. The minimum atomic E-state index is -0.195. The molecule has 2 atom stereocenters. The Morgan fingerprint density at radius 3 is 3.00 bits per heavy atom. The highest BCUT2D eigenvalue weighted by Crippen LogP contribution is 2.21. The molecule has 0 spiro atoms. The predicted molar refractivity (Wildman–Crippen MR) is 73.6 cm³/mol. The summed E-state index contributed by atoms with van der Waals surface area (Å²) in [5, 5.41) is 16.7. The van der Waals surface area contributed by atoms with Crippen LogP contribution in [0.5, 0.6) is 0 Å². The quantitative estimate of drug-likeness (QED) is 0.537. The molecule has 1 fully saturated rings. The Kier molecular flexibility index (Phi) is 4.01. The Balaban J connectivity index is 2.31. The maximum Gasteiger partial charge on any atom is 0.129 e. The molecule has 19 heavy (non-hydrogen) atoms. The molecule has 1 aliphatic rings. The molecule has 1 aromatic rings. The van der Waals surface area contributed by atoms with Gasteiger partial charge in [-0.05, 0) is 26.0 Å². The summed E-state index contributed by atoms with van der Waals surface area (Å²) in [6.45, 7) is 5.06. The molecular weight excluding hydrogens is 244 g/mol. The number of aliphatic hydroxyl groups is 1. The number of ether oxygens (including phenoxy) is 1. The van der Waals surface area contributed by atoms with E-state index >= 15 is 0 Å². The molecule has 1 aromatic heterocycles. The number of hydrogen-bond acceptors (Lipinski definition) is 5. The highest BCUT2D eigenvalue weighted by molar-refractivity contribution is 5.95. The van der Waals surface area contributed by atoms with Crippen LogP contribution < -0.4 is 10.6 Å². The van der Waals surface area contributed by atoms with Gasteiger partial charge in [-0.15, -0.1) is 0 Å². The van der Waals surface area contributed by atoms with Crippen molar-refractivity contribution in [3.63, 3.8) is 0 Å². The summed E-state index contributed by atoms with van der Waals surface area (Å²) in [6.07, 6.45) is -0.195. The minimum absolute atomic E-state index is 0.00536. The molecule has 0 bridgehead atoms. The molecular formula is C13H20N4O2. The highest BCUT2D eigenvalue weighted by atomic mass is 16.5. The zero-order valence-corrected chi connectivity index (χ0v) is 11.3. The van der Waals surface area contributed by atoms with Gasteiger partial charge in [-0.3, -0.25) is 5.41 Å². The van der Waals surface area contributed by atoms with Crippen LogP contribution in [0.3, 0.4) is 0 Å². The number of morpholine rings is 1. The summed E-state index contributed by atoms with van der Waals surface area (Å²) in [6, 6.07) is 3.78. The van der Waals surface area contributed by atoms with Crippen molar-refractivity contribution >= 4 is 11.7 Å². The smallest absolute Gasteiger partial charge is 0.129 e. The van der Waals surface area contributed by atoms with Crippen molar-refractivity contribution in [1.82, 2.24) is 4.98 Å². The maximum atomic E-state index is 9.21. The molecule has 0 radical (unpaired) electrons. The van der Waals surface area contributed by atoms with Crippen molar-refractivity contribution in [1.29, 1.82) is 5.41 Å². The second-order valence-electron chi connectivity index (χ2n) is 4.91. The maximum absolute atomic E-state index is 9.21. The predicted octanol–water partition coefficient (Wildman–Crippen LogP) is 0.260. The van der Waals surface area contributed by atoms with Gasteiger partial charge < -0.3 is 20.5 Å². The zero-order valence-electron chi connectivity index (χ0n) is 11.3. The fraction of sp³-hybridized carbons (Fsp3) is 0.538. The number of nitrogens with one attached hydrogen (secondary N) is 1. The van der Waals surface area contributed by atoms with Gasteiger partial charge in [0.2, 0.25) is 0 Å². The topological polar surface area (TPSA) is 95.5 Å². The van der Waals surface area contributed by atoms with Crippen LogP contribution in [0, 0.1) is 12.3 Å². The zero-order chi connectivity index (χ0) is 14.0. The molecule has 1 aliphatic heterocycles. The standard InChI is InChI=1S/C13H20N4O2/c1-8-3-10(13(14)15)4-12(16-8)17-5-11(6-18)19-7-9(17)2/h3-4,9,11,18H,5-7H2,1-2H3,(H3,14,15). The summed E-state index contributed by atoms with van der Waals surface area (Å²) in [7, 11) is 0. The van der Waals surface area contributed by atoms with Crippen LogP contribution in [-0.2, 0) is 4.74 Å². The van der Waals surface area contributed by atoms with E-state index in [9.17, 15) is 5.11 Å². The first kappa shape index (κ1) is 13.8. The second kappa shape index (κ2) is 5.54. The van der Waals surface area contributed by atoms with Gasteiger partial charge in [0.25, 0.3) is 0 Å². The van der Waals surface area contributed by atoms with Crippen LogP contribution in [0.15, 0.2) is 12.1 Å². The summed E-state index contributed by atoms with van der Waals surface area (Å²) >= 11 is 0. The van der Waals surface area contributed by atoms with Crippen LogP contribution in [0.2, 0.25) is 0 Å². The largest absolute Gasteiger partial charge is 0.394 e. The van der Waals surface area contributed by atoms with Crippen molar-refractivity contribution in [2.75, 3.05) is 24.7 Å². The molecule has 6 heteroatoms. The van der Waals surface area contributed by atoms with E-state index in [0.717, 1.165) is 11.5 Å². The lowest BCUT2D eigenvalue weighted by Gasteiger charge is -2.38. The number of aryl methyl sites for hydroxylation is 1. The van der Waals surface area contributed by atoms with E-state index in [1.165, 1.54) is 0 Å². The van der Waals surface area contributed by atoms with E-state index in [4.69, 9.17) is 15.9 Å². The lowest BCUT2D eigenvalue weighted by atomic mass is 10.1. The Bertz CT molecular complexity index is 478. The number of nitrogens with two attached hydrogens (primary N) is 1. The monoisotopic (exact) mass is 264 g/mol. The molecule has 6 nitrogen and oxygen atoms in total. The van der Waals surface area contributed by atoms with Gasteiger partial charge in [-0.1, -0.05) is 0 Å². The normalized spacial score (nSPS) is 23.4. The Hall–Kier alpha value is -1.66. The van der Waals surface area contributed by atoms with Gasteiger partial charge in [-0.2, -0.15) is 0 Å². The molecule has 2 heterocycles. The second-order valence-corrected chi connectivity index (χ2v) is 4.91. The number of pyridine rings is 1. The molecule has 1 saturated heterocycles. The number of aromatic nitrogens is 1. The third-order valence-electron chi connectivity index (χ3n) is 3.25. The summed E-state index contributed by atoms with van der Waals surface area (Å²) in [4.78, 5) is 6.58. The molecule has 2 rings (SSSR count). The highest BCUT2D eigenvalue weighted by Gasteiger charge is 2.27. The average Bonchev–Trinajstić information content (AvgIpc) is 2.38. The first-order valence-electron chi connectivity index (χ1n) is 6.33. The molecule has 4 N–H and O–H groups in total. The van der Waals surface area contributed by atoms with E-state index in [0.29, 0.717) is 18.7 Å². The van der Waals surface area contributed by atoms with Gasteiger partial charge in [0, 0.05) is 17.8 Å². The first-order valence-corrected chi connectivity index (χ1v) is 6.33. The fourth-order valence-electron chi connectivity index (χ4n) is 2.20. The third-order valence-corrected chi connectivity index (χ3v) is 3.25. The van der Waals surface area contributed by atoms with Crippen LogP contribution in [0.1, 0.15) is 18.2 Å². The lowest BCUT2D eigenvalue weighted by molar-refractivity contribution is -0.0105. The van der Waals surface area contributed by atoms with E-state index in [2.05, 4.69) is 9.88 Å². The van der Waals surface area contributed by atoms with E-state index < -0.39 is 0 Å². The molecule has 0 saturated carbocycles. The first-order chi connectivity index (χ1) is 9.01. The SMILES string of the molecule is Cc1cc(C(=N)N)cc(N2CC(CO)OCC2C)n1. The Morgan fingerprint density at radius 2 is 2.37 bits per heavy atom. The Labute approximate surface area is 112 Å². The molecule has 0 aliphatic carbocycles. The summed E-state index contributed by atoms with van der Waals surface area (Å²) in [5.74, 6) is 0.811. The Morgan fingerprint density at radius 1 is 1.63 bits per heavy atom. The molecule has 0 aromatic carbocycles. The van der Waals surface area contributed by atoms with Crippen LogP contribution in [0.25, 0.3) is 0 Å². The van der Waals surface area contributed by atoms with Crippen molar-refractivity contribution in [2.45, 2.75) is 26.0 Å². The third kappa shape index (κ3) is 3.02. The van der Waals surface area contributed by atoms with Crippen molar-refractivity contribution in [2.24, 2.45) is 5.73 Å². The fourth-order valence-corrected chi connectivity index (χ4v) is 2.20. The van der Waals surface area contributed by atoms with Gasteiger partial charge in [0.05, 0.1) is 25.4 Å². The number of hydrogen-bond donors (Lipinski definition) is 3. The molecule has 2 unspecified atom stereocenters. The van der Waals surface area contributed by atoms with Crippen LogP contribution >= 0.6 is 0 Å². The van der Waals surface area contributed by atoms with Crippen molar-refractivity contribution in [3.8, 4) is 0 Å². The minimum Gasteiger partial charge on any atom is -0.394 e. The summed E-state index contributed by atoms with van der Waals surface area (Å²) in [5.41, 5.74) is 7.03. The van der Waals surface area contributed by atoms with Crippen molar-refractivity contribution in [3.05, 3.63) is 23.4 Å². The van der Waals surface area contributed by atoms with E-state index in [1.54, 1.807) is 6.07 Å². The lowest BCUT2D eigenvalue weighted by Crippen LogP contribution is -2.50. The number of aliphatic hydroxyl groups excluding tert-OH is 1. The number of rotatable bonds is 3. The van der Waals surface area contributed by atoms with Gasteiger partial charge in [0.15, 0.2) is 0 Å². The van der Waals surface area contributed by atoms with Crippen LogP contribution in [-0.4, -0.2) is 47.8 Å². The van der Waals surface area contributed by atoms with Gasteiger partial charge >= 0.3 is 0 Å². The van der Waals surface area contributed by atoms with E-state index in [-0.39, 0.29) is 24.6 Å². The van der Waals surface area contributed by atoms with Gasteiger partial charge in [-0.25, -0.2) is 4.98 Å². The molecule has 0 amide bonds. The van der Waals surface area contributed by atoms with Crippen molar-refractivity contribution < 1.29 is 9.84 Å². The average molecular weight is 264 g/mol. The number of nitrogen functional groups attached to an aromatic ring is 1. The molecule has 104 valence electrons. The summed E-state index contributed by atoms with van der Waals surface area (Å²) < 4.78 is 5.51. The van der Waals surface area contributed by atoms with Crippen LogP contribution in [0.4, 0.5) is 5.82 Å². The number of amidine groups is 1. The number of anilines is 1. The van der Waals surface area contributed by atoms with Gasteiger partial charge in [0.1, 0.15) is 11.7 Å².